The summed E-state index contributed by atoms with van der Waals surface area (Å²) in [5.74, 6) is -0.896. The van der Waals surface area contributed by atoms with Gasteiger partial charge in [0.15, 0.2) is 0 Å². The summed E-state index contributed by atoms with van der Waals surface area (Å²) in [6.07, 6.45) is 4.54. The molecule has 1 amide bonds. The van der Waals surface area contributed by atoms with Crippen LogP contribution in [0, 0.1) is 0 Å². The van der Waals surface area contributed by atoms with Gasteiger partial charge in [0, 0.05) is 17.0 Å². The number of amides is 1. The number of carbonyl (C=O) groups excluding carboxylic acids is 1. The quantitative estimate of drug-likeness (QED) is 0.679. The largest absolute Gasteiger partial charge is 0.481 e. The third-order valence-corrected chi connectivity index (χ3v) is 4.41. The molecule has 0 atom stereocenters. The topological polar surface area (TPSA) is 66.4 Å². The Morgan fingerprint density at radius 3 is 2.70 bits per heavy atom. The number of hydrogen-bond donors (Lipinski definition) is 2. The molecule has 0 aliphatic heterocycles. The SMILES string of the molecule is O=C(O)Cc1cccc(NC(=O)CCCCCc2cccs2)c1. The minimum atomic E-state index is -0.876. The standard InChI is InChI=1S/C18H21NO3S/c20-17(10-3-1-2-8-16-9-5-11-23-16)19-15-7-4-6-14(12-15)13-18(21)22/h4-7,9,11-12H,1-3,8,10,13H2,(H,19,20)(H,21,22). The van der Waals surface area contributed by atoms with Crippen LogP contribution in [0.25, 0.3) is 0 Å². The van der Waals surface area contributed by atoms with E-state index >= 15 is 0 Å². The molecular formula is C18H21NO3S. The lowest BCUT2D eigenvalue weighted by molar-refractivity contribution is -0.136. The maximum atomic E-state index is 11.9. The molecule has 23 heavy (non-hydrogen) atoms. The highest BCUT2D eigenvalue weighted by Gasteiger charge is 2.05. The molecule has 0 saturated heterocycles. The smallest absolute Gasteiger partial charge is 0.307 e. The van der Waals surface area contributed by atoms with Crippen molar-refractivity contribution < 1.29 is 14.7 Å². The van der Waals surface area contributed by atoms with Crippen LogP contribution in [0.5, 0.6) is 0 Å². The monoisotopic (exact) mass is 331 g/mol. The van der Waals surface area contributed by atoms with Crippen molar-refractivity contribution in [1.29, 1.82) is 0 Å². The molecule has 1 aromatic heterocycles. The lowest BCUT2D eigenvalue weighted by Gasteiger charge is -2.06. The maximum Gasteiger partial charge on any atom is 0.307 e. The van der Waals surface area contributed by atoms with Crippen LogP contribution in [0.3, 0.4) is 0 Å². The van der Waals surface area contributed by atoms with Gasteiger partial charge in [-0.05, 0) is 48.4 Å². The fourth-order valence-electron chi connectivity index (χ4n) is 2.37. The van der Waals surface area contributed by atoms with E-state index in [0.29, 0.717) is 17.7 Å². The third kappa shape index (κ3) is 6.65. The van der Waals surface area contributed by atoms with Crippen molar-refractivity contribution in [3.05, 3.63) is 52.2 Å². The number of anilines is 1. The Hall–Kier alpha value is -2.14. The first-order chi connectivity index (χ1) is 11.1. The van der Waals surface area contributed by atoms with E-state index in [1.807, 2.05) is 0 Å². The molecular weight excluding hydrogens is 310 g/mol. The molecule has 0 fully saturated rings. The second kappa shape index (κ2) is 9.10. The zero-order valence-corrected chi connectivity index (χ0v) is 13.8. The molecule has 122 valence electrons. The van der Waals surface area contributed by atoms with Crippen molar-refractivity contribution >= 4 is 28.9 Å². The van der Waals surface area contributed by atoms with Gasteiger partial charge in [-0.3, -0.25) is 9.59 Å². The summed E-state index contributed by atoms with van der Waals surface area (Å²) in [4.78, 5) is 24.0. The highest BCUT2D eigenvalue weighted by atomic mass is 32.1. The Bertz CT molecular complexity index is 637. The van der Waals surface area contributed by atoms with Crippen LogP contribution < -0.4 is 5.32 Å². The molecule has 4 nitrogen and oxygen atoms in total. The van der Waals surface area contributed by atoms with Crippen molar-refractivity contribution in [3.63, 3.8) is 0 Å². The number of carboxylic acids is 1. The molecule has 2 rings (SSSR count). The van der Waals surface area contributed by atoms with E-state index in [9.17, 15) is 9.59 Å². The van der Waals surface area contributed by atoms with Crippen molar-refractivity contribution in [2.75, 3.05) is 5.32 Å². The van der Waals surface area contributed by atoms with Gasteiger partial charge in [0.05, 0.1) is 6.42 Å². The minimum Gasteiger partial charge on any atom is -0.481 e. The van der Waals surface area contributed by atoms with Crippen LogP contribution in [-0.2, 0) is 22.4 Å². The van der Waals surface area contributed by atoms with Gasteiger partial charge >= 0.3 is 5.97 Å². The molecule has 0 aliphatic carbocycles. The van der Waals surface area contributed by atoms with Gasteiger partial charge in [0.2, 0.25) is 5.91 Å². The Morgan fingerprint density at radius 2 is 1.96 bits per heavy atom. The molecule has 0 spiro atoms. The van der Waals surface area contributed by atoms with Gasteiger partial charge in [0.25, 0.3) is 0 Å². The molecule has 2 aromatic rings. The summed E-state index contributed by atoms with van der Waals surface area (Å²) in [5.41, 5.74) is 1.35. The summed E-state index contributed by atoms with van der Waals surface area (Å²) >= 11 is 1.77. The second-order valence-electron chi connectivity index (χ2n) is 5.46. The zero-order valence-electron chi connectivity index (χ0n) is 13.0. The number of carbonyl (C=O) groups is 2. The number of rotatable bonds is 9. The molecule has 0 radical (unpaired) electrons. The molecule has 1 heterocycles. The highest BCUT2D eigenvalue weighted by molar-refractivity contribution is 7.09. The highest BCUT2D eigenvalue weighted by Crippen LogP contribution is 2.15. The Kier molecular flexibility index (Phi) is 6.81. The molecule has 0 bridgehead atoms. The molecule has 0 saturated carbocycles. The lowest BCUT2D eigenvalue weighted by atomic mass is 10.1. The van der Waals surface area contributed by atoms with E-state index in [1.54, 1.807) is 35.6 Å². The van der Waals surface area contributed by atoms with Gasteiger partial charge in [-0.15, -0.1) is 11.3 Å². The third-order valence-electron chi connectivity index (χ3n) is 3.47. The molecule has 0 aliphatic rings. The van der Waals surface area contributed by atoms with E-state index in [2.05, 4.69) is 22.8 Å². The van der Waals surface area contributed by atoms with Gasteiger partial charge in [-0.2, -0.15) is 0 Å². The lowest BCUT2D eigenvalue weighted by Crippen LogP contribution is -2.11. The number of carboxylic acid groups (broad SMARTS) is 1. The van der Waals surface area contributed by atoms with E-state index in [4.69, 9.17) is 5.11 Å². The molecule has 5 heteroatoms. The minimum absolute atomic E-state index is 0.0198. The van der Waals surface area contributed by atoms with E-state index in [0.717, 1.165) is 25.7 Å². The Labute approximate surface area is 140 Å². The fraction of sp³-hybridized carbons (Fsp3) is 0.333. The second-order valence-corrected chi connectivity index (χ2v) is 6.49. The normalized spacial score (nSPS) is 10.4. The van der Waals surface area contributed by atoms with Crippen LogP contribution >= 0.6 is 11.3 Å². The molecule has 2 N–H and O–H groups in total. The van der Waals surface area contributed by atoms with Gasteiger partial charge < -0.3 is 10.4 Å². The number of benzene rings is 1. The summed E-state index contributed by atoms with van der Waals surface area (Å²) in [6.45, 7) is 0. The van der Waals surface area contributed by atoms with E-state index < -0.39 is 5.97 Å². The fourth-order valence-corrected chi connectivity index (χ4v) is 3.12. The number of hydrogen-bond acceptors (Lipinski definition) is 3. The predicted molar refractivity (Wildman–Crippen MR) is 92.9 cm³/mol. The van der Waals surface area contributed by atoms with Crippen LogP contribution in [0.15, 0.2) is 41.8 Å². The van der Waals surface area contributed by atoms with Crippen molar-refractivity contribution in [2.45, 2.75) is 38.5 Å². The average molecular weight is 331 g/mol. The van der Waals surface area contributed by atoms with Crippen molar-refractivity contribution in [1.82, 2.24) is 0 Å². The number of aryl methyl sites for hydroxylation is 1. The summed E-state index contributed by atoms with van der Waals surface area (Å²) in [5, 5.41) is 13.7. The van der Waals surface area contributed by atoms with Gasteiger partial charge in [-0.25, -0.2) is 0 Å². The van der Waals surface area contributed by atoms with Crippen LogP contribution in [0.1, 0.15) is 36.1 Å². The predicted octanol–water partition coefficient (Wildman–Crippen LogP) is 4.12. The summed E-state index contributed by atoms with van der Waals surface area (Å²) in [7, 11) is 0. The van der Waals surface area contributed by atoms with Gasteiger partial charge in [-0.1, -0.05) is 24.6 Å². The first-order valence-electron chi connectivity index (χ1n) is 7.76. The van der Waals surface area contributed by atoms with Crippen LogP contribution in [0.2, 0.25) is 0 Å². The van der Waals surface area contributed by atoms with Crippen LogP contribution in [0.4, 0.5) is 5.69 Å². The average Bonchev–Trinajstić information content (AvgIpc) is 3.00. The van der Waals surface area contributed by atoms with E-state index in [1.165, 1.54) is 4.88 Å². The first-order valence-corrected chi connectivity index (χ1v) is 8.64. The van der Waals surface area contributed by atoms with Gasteiger partial charge in [0.1, 0.15) is 0 Å². The number of aliphatic carboxylic acids is 1. The maximum absolute atomic E-state index is 11.9. The summed E-state index contributed by atoms with van der Waals surface area (Å²) < 4.78 is 0. The van der Waals surface area contributed by atoms with Crippen molar-refractivity contribution in [3.8, 4) is 0 Å². The number of unbranched alkanes of at least 4 members (excludes halogenated alkanes) is 2. The molecule has 1 aromatic carbocycles. The van der Waals surface area contributed by atoms with E-state index in [-0.39, 0.29) is 12.3 Å². The molecule has 0 unspecified atom stereocenters. The number of nitrogens with one attached hydrogen (secondary N) is 1. The number of thiophene rings is 1. The summed E-state index contributed by atoms with van der Waals surface area (Å²) in [6, 6.07) is 11.2. The Balaban J connectivity index is 1.67. The first kappa shape index (κ1) is 17.2. The van der Waals surface area contributed by atoms with Crippen molar-refractivity contribution in [2.24, 2.45) is 0 Å². The Morgan fingerprint density at radius 1 is 1.09 bits per heavy atom. The van der Waals surface area contributed by atoms with Crippen LogP contribution in [-0.4, -0.2) is 17.0 Å². The zero-order chi connectivity index (χ0) is 16.5.